The second-order valence-electron chi connectivity index (χ2n) is 6.91. The molecule has 0 bridgehead atoms. The Morgan fingerprint density at radius 3 is 2.55 bits per heavy atom. The monoisotopic (exact) mass is 474 g/mol. The first kappa shape index (κ1) is 21.5. The molecule has 31 heavy (non-hydrogen) atoms. The van der Waals surface area contributed by atoms with Crippen LogP contribution in [0.1, 0.15) is 28.6 Å². The second-order valence-corrected chi connectivity index (χ2v) is 10.6. The van der Waals surface area contributed by atoms with Gasteiger partial charge < -0.3 is 4.42 Å². The van der Waals surface area contributed by atoms with Gasteiger partial charge in [0.2, 0.25) is 0 Å². The maximum absolute atomic E-state index is 13.4. The van der Waals surface area contributed by atoms with E-state index in [1.165, 1.54) is 40.5 Å². The first-order valence-electron chi connectivity index (χ1n) is 9.53. The molecule has 0 saturated carbocycles. The van der Waals surface area contributed by atoms with Gasteiger partial charge in [0.05, 0.1) is 33.7 Å². The predicted octanol–water partition coefficient (Wildman–Crippen LogP) is 5.49. The van der Waals surface area contributed by atoms with E-state index < -0.39 is 9.84 Å². The molecule has 2 aromatic heterocycles. The van der Waals surface area contributed by atoms with Gasteiger partial charge in [-0.2, -0.15) is 0 Å². The first-order chi connectivity index (χ1) is 14.8. The fraction of sp³-hybridized carbons (Fsp3) is 0.182. The highest BCUT2D eigenvalue weighted by Gasteiger charge is 2.24. The van der Waals surface area contributed by atoms with Crippen LogP contribution in [0, 0.1) is 6.92 Å². The van der Waals surface area contributed by atoms with Crippen LogP contribution in [0.2, 0.25) is 5.02 Å². The number of hydrogen-bond donors (Lipinski definition) is 0. The summed E-state index contributed by atoms with van der Waals surface area (Å²) in [6, 6.07) is 13.2. The van der Waals surface area contributed by atoms with Crippen molar-refractivity contribution in [2.24, 2.45) is 0 Å². The van der Waals surface area contributed by atoms with Crippen LogP contribution in [-0.2, 0) is 16.4 Å². The highest BCUT2D eigenvalue weighted by molar-refractivity contribution is 7.91. The van der Waals surface area contributed by atoms with E-state index in [1.807, 2.05) is 19.1 Å². The van der Waals surface area contributed by atoms with Gasteiger partial charge in [0.1, 0.15) is 5.76 Å². The zero-order valence-electron chi connectivity index (χ0n) is 16.8. The van der Waals surface area contributed by atoms with Crippen molar-refractivity contribution in [2.45, 2.75) is 25.3 Å². The quantitative estimate of drug-likeness (QED) is 0.369. The number of aromatic nitrogens is 1. The highest BCUT2D eigenvalue weighted by Crippen LogP contribution is 2.35. The number of hydrogen-bond acceptors (Lipinski definition) is 6. The summed E-state index contributed by atoms with van der Waals surface area (Å²) in [7, 11) is -3.34. The zero-order valence-corrected chi connectivity index (χ0v) is 19.2. The van der Waals surface area contributed by atoms with E-state index in [1.54, 1.807) is 25.3 Å². The Hall–Kier alpha value is -2.68. The normalized spacial score (nSPS) is 11.7. The smallest absolute Gasteiger partial charge is 0.260 e. The van der Waals surface area contributed by atoms with Gasteiger partial charge in [0.25, 0.3) is 5.91 Å². The number of thiazole rings is 1. The van der Waals surface area contributed by atoms with E-state index in [0.29, 0.717) is 21.5 Å². The molecule has 0 saturated heterocycles. The third-order valence-corrected chi connectivity index (χ3v) is 8.15. The Morgan fingerprint density at radius 1 is 1.16 bits per heavy atom. The number of aryl methyl sites for hydroxylation is 1. The minimum absolute atomic E-state index is 0.00146. The number of fused-ring (bicyclic) bond motifs is 1. The lowest BCUT2D eigenvalue weighted by atomic mass is 10.2. The van der Waals surface area contributed by atoms with Crippen molar-refractivity contribution in [2.75, 3.05) is 10.7 Å². The summed E-state index contributed by atoms with van der Waals surface area (Å²) in [6.07, 6.45) is 1.55. The van der Waals surface area contributed by atoms with Crippen LogP contribution in [0.4, 0.5) is 5.13 Å². The van der Waals surface area contributed by atoms with Gasteiger partial charge in [0.15, 0.2) is 15.0 Å². The molecular formula is C22H19ClN2O4S2. The van der Waals surface area contributed by atoms with E-state index >= 15 is 0 Å². The summed E-state index contributed by atoms with van der Waals surface area (Å²) in [5.74, 6) is 0.297. The van der Waals surface area contributed by atoms with Gasteiger partial charge in [-0.05, 0) is 61.0 Å². The Morgan fingerprint density at radius 2 is 1.90 bits per heavy atom. The van der Waals surface area contributed by atoms with Crippen molar-refractivity contribution in [3.05, 3.63) is 76.7 Å². The van der Waals surface area contributed by atoms with Crippen molar-refractivity contribution in [3.63, 3.8) is 0 Å². The summed E-state index contributed by atoms with van der Waals surface area (Å²) < 4.78 is 30.5. The first-order valence-corrected chi connectivity index (χ1v) is 12.4. The fourth-order valence-electron chi connectivity index (χ4n) is 3.12. The van der Waals surface area contributed by atoms with E-state index in [-0.39, 0.29) is 23.1 Å². The van der Waals surface area contributed by atoms with Gasteiger partial charge in [0, 0.05) is 10.6 Å². The van der Waals surface area contributed by atoms with Crippen molar-refractivity contribution in [1.29, 1.82) is 0 Å². The molecule has 0 atom stereocenters. The van der Waals surface area contributed by atoms with Crippen LogP contribution in [0.25, 0.3) is 10.2 Å². The van der Waals surface area contributed by atoms with E-state index in [9.17, 15) is 13.2 Å². The number of halogens is 1. The molecule has 2 heterocycles. The lowest BCUT2D eigenvalue weighted by Crippen LogP contribution is -2.30. The number of carbonyl (C=O) groups excluding carboxylic acids is 1. The number of amides is 1. The summed E-state index contributed by atoms with van der Waals surface area (Å²) >= 11 is 7.62. The maximum atomic E-state index is 13.4. The van der Waals surface area contributed by atoms with Crippen molar-refractivity contribution in [1.82, 2.24) is 4.98 Å². The molecule has 0 fully saturated rings. The molecule has 0 radical (unpaired) electrons. The summed E-state index contributed by atoms with van der Waals surface area (Å²) in [6.45, 7) is 3.66. The minimum Gasteiger partial charge on any atom is -0.467 e. The maximum Gasteiger partial charge on any atom is 0.260 e. The van der Waals surface area contributed by atoms with E-state index in [0.717, 1.165) is 15.8 Å². The van der Waals surface area contributed by atoms with Gasteiger partial charge >= 0.3 is 0 Å². The lowest BCUT2D eigenvalue weighted by Gasteiger charge is -2.19. The Kier molecular flexibility index (Phi) is 5.88. The molecule has 0 aliphatic carbocycles. The third-order valence-electron chi connectivity index (χ3n) is 4.95. The highest BCUT2D eigenvalue weighted by atomic mass is 35.5. The molecule has 6 nitrogen and oxygen atoms in total. The molecule has 4 aromatic rings. The zero-order chi connectivity index (χ0) is 22.2. The van der Waals surface area contributed by atoms with Crippen molar-refractivity contribution in [3.8, 4) is 0 Å². The van der Waals surface area contributed by atoms with Gasteiger partial charge in [-0.3, -0.25) is 9.69 Å². The van der Waals surface area contributed by atoms with Gasteiger partial charge in [-0.25, -0.2) is 13.4 Å². The van der Waals surface area contributed by atoms with Crippen LogP contribution in [-0.4, -0.2) is 25.1 Å². The molecule has 2 aromatic carbocycles. The summed E-state index contributed by atoms with van der Waals surface area (Å²) in [4.78, 5) is 19.8. The van der Waals surface area contributed by atoms with Crippen LogP contribution in [0.5, 0.6) is 0 Å². The topological polar surface area (TPSA) is 80.5 Å². The molecule has 0 aliphatic heterocycles. The molecule has 0 spiro atoms. The van der Waals surface area contributed by atoms with Gasteiger partial charge in [-0.15, -0.1) is 0 Å². The third kappa shape index (κ3) is 4.23. The second kappa shape index (κ2) is 8.45. The van der Waals surface area contributed by atoms with Crippen LogP contribution in [0.15, 0.2) is 64.1 Å². The van der Waals surface area contributed by atoms with Crippen molar-refractivity contribution < 1.29 is 17.6 Å². The fourth-order valence-corrected chi connectivity index (χ4v) is 5.18. The van der Waals surface area contributed by atoms with Crippen molar-refractivity contribution >= 4 is 54.0 Å². The van der Waals surface area contributed by atoms with Crippen LogP contribution >= 0.6 is 22.9 Å². The molecule has 160 valence electrons. The Bertz CT molecular complexity index is 1340. The average molecular weight is 475 g/mol. The number of carbonyl (C=O) groups is 1. The van der Waals surface area contributed by atoms with Crippen LogP contribution < -0.4 is 4.90 Å². The molecule has 1 amide bonds. The molecular weight excluding hydrogens is 456 g/mol. The van der Waals surface area contributed by atoms with Crippen LogP contribution in [0.3, 0.4) is 0 Å². The average Bonchev–Trinajstić information content (AvgIpc) is 3.44. The number of rotatable bonds is 6. The number of anilines is 1. The molecule has 0 unspecified atom stereocenters. The lowest BCUT2D eigenvalue weighted by molar-refractivity contribution is 0.0983. The standard InChI is InChI=1S/C22H19ClN2O4S2/c1-3-31(27,28)17-8-6-15(7-9-17)21(26)25(13-16-5-4-12-29-16)22-24-20-14(2)18(23)10-11-19(20)30-22/h4-12H,3,13H2,1-2H3. The Balaban J connectivity index is 1.75. The number of benzene rings is 2. The Labute approximate surface area is 189 Å². The largest absolute Gasteiger partial charge is 0.467 e. The summed E-state index contributed by atoms with van der Waals surface area (Å²) in [5.41, 5.74) is 1.95. The predicted molar refractivity (Wildman–Crippen MR) is 123 cm³/mol. The molecule has 0 aliphatic rings. The SMILES string of the molecule is CCS(=O)(=O)c1ccc(C(=O)N(Cc2ccco2)c2nc3c(C)c(Cl)ccc3s2)cc1. The number of furan rings is 1. The number of nitrogens with zero attached hydrogens (tertiary/aromatic N) is 2. The minimum atomic E-state index is -3.34. The van der Waals surface area contributed by atoms with Gasteiger partial charge in [-0.1, -0.05) is 29.9 Å². The molecule has 9 heteroatoms. The molecule has 0 N–H and O–H groups in total. The number of sulfone groups is 1. The molecule has 4 rings (SSSR count). The van der Waals surface area contributed by atoms with E-state index in [2.05, 4.69) is 4.98 Å². The summed E-state index contributed by atoms with van der Waals surface area (Å²) in [5, 5.41) is 1.12. The van der Waals surface area contributed by atoms with E-state index in [4.69, 9.17) is 16.0 Å².